The number of ether oxygens (including phenoxy) is 1. The summed E-state index contributed by atoms with van der Waals surface area (Å²) in [6.45, 7) is 6.07. The van der Waals surface area contributed by atoms with Gasteiger partial charge in [-0.3, -0.25) is 14.7 Å². The minimum absolute atomic E-state index is 0.00337. The highest BCUT2D eigenvalue weighted by atomic mass is 35.5. The minimum atomic E-state index is -0.677. The van der Waals surface area contributed by atoms with E-state index >= 15 is 4.39 Å². The van der Waals surface area contributed by atoms with E-state index < -0.39 is 11.6 Å². The number of amides is 1. The van der Waals surface area contributed by atoms with E-state index in [2.05, 4.69) is 24.8 Å². The Kier molecular flexibility index (Phi) is 8.52. The van der Waals surface area contributed by atoms with Gasteiger partial charge in [0.25, 0.3) is 0 Å². The zero-order valence-corrected chi connectivity index (χ0v) is 28.3. The number of fused-ring (bicyclic) bond motifs is 3. The van der Waals surface area contributed by atoms with Gasteiger partial charge in [0.15, 0.2) is 5.82 Å². The lowest BCUT2D eigenvalue weighted by Crippen LogP contribution is -2.48. The van der Waals surface area contributed by atoms with Crippen molar-refractivity contribution in [2.45, 2.75) is 38.1 Å². The fourth-order valence-corrected chi connectivity index (χ4v) is 7.92. The highest BCUT2D eigenvalue weighted by Gasteiger charge is 2.45. The number of hydrogen-bond acceptors (Lipinski definition) is 9. The minimum Gasteiger partial charge on any atom is -0.461 e. The van der Waals surface area contributed by atoms with Gasteiger partial charge in [0.2, 0.25) is 5.91 Å². The van der Waals surface area contributed by atoms with Crippen molar-refractivity contribution < 1.29 is 18.3 Å². The molecule has 0 unspecified atom stereocenters. The second-order valence-electron chi connectivity index (χ2n) is 13.2. The summed E-state index contributed by atoms with van der Waals surface area (Å²) in [5, 5.41) is 1.35. The number of rotatable bonds is 7. The summed E-state index contributed by atoms with van der Waals surface area (Å²) in [4.78, 5) is 41.7. The van der Waals surface area contributed by atoms with Crippen LogP contribution in [0.3, 0.4) is 0 Å². The summed E-state index contributed by atoms with van der Waals surface area (Å²) >= 11 is 6.42. The number of benzene rings is 2. The first kappa shape index (κ1) is 32.4. The summed E-state index contributed by atoms with van der Waals surface area (Å²) in [6, 6.07) is 9.96. The van der Waals surface area contributed by atoms with Gasteiger partial charge in [0.1, 0.15) is 35.3 Å². The Bertz CT molecular complexity index is 2150. The third-order valence-electron chi connectivity index (χ3n) is 10.2. The van der Waals surface area contributed by atoms with Gasteiger partial charge >= 0.3 is 6.01 Å². The lowest BCUT2D eigenvalue weighted by molar-refractivity contribution is -0.126. The van der Waals surface area contributed by atoms with Crippen LogP contribution in [0.15, 0.2) is 54.9 Å². The number of anilines is 1. The lowest BCUT2D eigenvalue weighted by Gasteiger charge is -2.35. The molecule has 13 heteroatoms. The van der Waals surface area contributed by atoms with Crippen molar-refractivity contribution in [3.8, 4) is 17.3 Å². The zero-order valence-electron chi connectivity index (χ0n) is 27.6. The number of hydrogen-bond donors (Lipinski definition) is 0. The molecule has 10 nitrogen and oxygen atoms in total. The average molecular weight is 697 g/mol. The number of piperazine rings is 1. The van der Waals surface area contributed by atoms with Crippen LogP contribution in [-0.2, 0) is 4.79 Å². The molecule has 0 spiro atoms. The molecule has 8 rings (SSSR count). The highest BCUT2D eigenvalue weighted by Crippen LogP contribution is 2.41. The summed E-state index contributed by atoms with van der Waals surface area (Å²) in [5.74, 6) is -0.292. The molecule has 0 radical (unpaired) electrons. The Morgan fingerprint density at radius 3 is 2.56 bits per heavy atom. The molecule has 3 aliphatic heterocycles. The van der Waals surface area contributed by atoms with Crippen LogP contribution in [0.4, 0.5) is 14.6 Å². The maximum absolute atomic E-state index is 16.8. The van der Waals surface area contributed by atoms with Crippen LogP contribution < -0.4 is 9.64 Å². The van der Waals surface area contributed by atoms with E-state index in [1.807, 2.05) is 4.90 Å². The number of halogens is 3. The van der Waals surface area contributed by atoms with Gasteiger partial charge in [-0.1, -0.05) is 35.9 Å². The van der Waals surface area contributed by atoms with Gasteiger partial charge in [-0.05, 0) is 69.3 Å². The Hall–Kier alpha value is -4.81. The molecule has 3 saturated heterocycles. The van der Waals surface area contributed by atoms with Crippen molar-refractivity contribution in [1.29, 1.82) is 0 Å². The van der Waals surface area contributed by atoms with Crippen LogP contribution in [0.2, 0.25) is 5.02 Å². The molecule has 0 aliphatic carbocycles. The molecular weight excluding hydrogens is 662 g/mol. The quantitative estimate of drug-likeness (QED) is 0.183. The number of aryl methyl sites for hydroxylation is 1. The monoisotopic (exact) mass is 696 g/mol. The molecule has 5 aromatic rings. The Labute approximate surface area is 292 Å². The predicted molar refractivity (Wildman–Crippen MR) is 188 cm³/mol. The number of carbonyl (C=O) groups is 1. The third kappa shape index (κ3) is 5.90. The molecule has 0 atom stereocenters. The normalized spacial score (nSPS) is 17.7. The van der Waals surface area contributed by atoms with Gasteiger partial charge in [-0.25, -0.2) is 18.7 Å². The zero-order chi connectivity index (χ0) is 34.4. The van der Waals surface area contributed by atoms with E-state index in [0.29, 0.717) is 71.8 Å². The fourth-order valence-electron chi connectivity index (χ4n) is 7.65. The average Bonchev–Trinajstić information content (AvgIpc) is 3.72. The Morgan fingerprint density at radius 1 is 0.980 bits per heavy atom. The summed E-state index contributed by atoms with van der Waals surface area (Å²) in [5.41, 5.74) is 1.01. The molecule has 3 aromatic heterocycles. The largest absolute Gasteiger partial charge is 0.461 e. The SMILES string of the molecule is Cc1nccc(/C=C/C(=O)N2CCN(c3nc(OCC45CCCN4CCC5)nc4c(F)c(-c5cccc6ccc(F)c(Cl)c56)ncc34)CC2)n1. The predicted octanol–water partition coefficient (Wildman–Crippen LogP) is 6.24. The molecule has 0 bridgehead atoms. The molecule has 0 N–H and O–H groups in total. The van der Waals surface area contributed by atoms with Gasteiger partial charge in [-0.15, -0.1) is 0 Å². The molecule has 6 heterocycles. The van der Waals surface area contributed by atoms with E-state index in [1.165, 1.54) is 12.1 Å². The second kappa shape index (κ2) is 13.1. The number of nitrogens with zero attached hydrogens (tertiary/aromatic N) is 8. The van der Waals surface area contributed by atoms with Gasteiger partial charge in [0, 0.05) is 55.6 Å². The van der Waals surface area contributed by atoms with Crippen LogP contribution in [0.25, 0.3) is 39.0 Å². The topological polar surface area (TPSA) is 100 Å². The summed E-state index contributed by atoms with van der Waals surface area (Å²) in [7, 11) is 0. The second-order valence-corrected chi connectivity index (χ2v) is 13.5. The van der Waals surface area contributed by atoms with Gasteiger partial charge < -0.3 is 14.5 Å². The van der Waals surface area contributed by atoms with E-state index in [0.717, 1.165) is 38.8 Å². The van der Waals surface area contributed by atoms with Crippen molar-refractivity contribution in [2.24, 2.45) is 0 Å². The van der Waals surface area contributed by atoms with Crippen LogP contribution in [0.5, 0.6) is 6.01 Å². The Balaban J connectivity index is 1.13. The maximum atomic E-state index is 16.8. The number of aromatic nitrogens is 5. The van der Waals surface area contributed by atoms with E-state index in [1.54, 1.807) is 60.6 Å². The van der Waals surface area contributed by atoms with Crippen LogP contribution >= 0.6 is 11.6 Å². The third-order valence-corrected chi connectivity index (χ3v) is 10.6. The smallest absolute Gasteiger partial charge is 0.319 e. The first-order valence-electron chi connectivity index (χ1n) is 16.9. The van der Waals surface area contributed by atoms with Crippen molar-refractivity contribution in [2.75, 3.05) is 50.8 Å². The molecule has 3 fully saturated rings. The van der Waals surface area contributed by atoms with Gasteiger partial charge in [-0.2, -0.15) is 9.97 Å². The molecule has 256 valence electrons. The van der Waals surface area contributed by atoms with E-state index in [4.69, 9.17) is 21.3 Å². The van der Waals surface area contributed by atoms with Crippen molar-refractivity contribution in [1.82, 2.24) is 34.7 Å². The lowest BCUT2D eigenvalue weighted by atomic mass is 9.95. The van der Waals surface area contributed by atoms with Crippen molar-refractivity contribution in [3.63, 3.8) is 0 Å². The van der Waals surface area contributed by atoms with Crippen LogP contribution in [0, 0.1) is 18.6 Å². The first-order chi connectivity index (χ1) is 24.3. The van der Waals surface area contributed by atoms with Crippen LogP contribution in [-0.4, -0.2) is 92.0 Å². The molecule has 0 saturated carbocycles. The first-order valence-corrected chi connectivity index (χ1v) is 17.3. The summed E-state index contributed by atoms with van der Waals surface area (Å²) in [6.07, 6.45) is 10.7. The van der Waals surface area contributed by atoms with E-state index in [9.17, 15) is 9.18 Å². The highest BCUT2D eigenvalue weighted by molar-refractivity contribution is 6.36. The van der Waals surface area contributed by atoms with Gasteiger partial charge in [0.05, 0.1) is 21.6 Å². The molecular formula is C37H35ClF2N8O2. The molecule has 2 aromatic carbocycles. The maximum Gasteiger partial charge on any atom is 0.319 e. The number of carbonyl (C=O) groups excluding carboxylic acids is 1. The Morgan fingerprint density at radius 2 is 1.78 bits per heavy atom. The van der Waals surface area contributed by atoms with Crippen LogP contribution in [0.1, 0.15) is 37.2 Å². The van der Waals surface area contributed by atoms with Crippen molar-refractivity contribution in [3.05, 3.63) is 83.0 Å². The summed E-state index contributed by atoms with van der Waals surface area (Å²) < 4.78 is 37.7. The molecule has 1 amide bonds. The standard InChI is InChI=1S/C37H35ClF2N8O2/c1-23-41-14-11-25(43-23)8-10-29(49)46-17-19-47(20-18-46)35-27-21-42-33(26-6-2-5-24-7-9-28(39)31(38)30(24)26)32(40)34(27)44-36(45-35)50-22-37-12-3-15-48(37)16-4-13-37/h2,5-11,14,21H,3-4,12-13,15-20,22H2,1H3/b10-8+. The van der Waals surface area contributed by atoms with E-state index in [-0.39, 0.29) is 33.7 Å². The molecule has 50 heavy (non-hydrogen) atoms. The molecule has 3 aliphatic rings. The van der Waals surface area contributed by atoms with Crippen molar-refractivity contribution >= 4 is 51.1 Å². The number of pyridine rings is 1. The fraction of sp³-hybridized carbons (Fsp3) is 0.351.